The van der Waals surface area contributed by atoms with Crippen molar-refractivity contribution < 1.29 is 12.8 Å². The van der Waals surface area contributed by atoms with Gasteiger partial charge >= 0.3 is 0 Å². The summed E-state index contributed by atoms with van der Waals surface area (Å²) in [6.45, 7) is 2.45. The van der Waals surface area contributed by atoms with Crippen LogP contribution in [0.4, 0.5) is 4.39 Å². The zero-order chi connectivity index (χ0) is 16.4. The highest BCUT2D eigenvalue weighted by Gasteiger charge is 2.37. The average molecular weight is 333 g/mol. The second-order valence-corrected chi connectivity index (χ2v) is 7.68. The molecule has 1 fully saturated rings. The van der Waals surface area contributed by atoms with Gasteiger partial charge in [0, 0.05) is 12.1 Å². The summed E-state index contributed by atoms with van der Waals surface area (Å²) in [4.78, 5) is 0.276. The van der Waals surface area contributed by atoms with Crippen molar-refractivity contribution in [3.8, 4) is 0 Å². The van der Waals surface area contributed by atoms with E-state index in [9.17, 15) is 12.8 Å². The van der Waals surface area contributed by atoms with Gasteiger partial charge in [-0.25, -0.2) is 12.8 Å². The molecule has 1 saturated heterocycles. The average Bonchev–Trinajstić information content (AvgIpc) is 3.05. The van der Waals surface area contributed by atoms with Crippen molar-refractivity contribution in [2.45, 2.75) is 37.1 Å². The molecule has 2 aromatic carbocycles. The summed E-state index contributed by atoms with van der Waals surface area (Å²) < 4.78 is 41.4. The molecule has 0 aliphatic carbocycles. The maximum absolute atomic E-state index is 14.1. The molecule has 1 aliphatic heterocycles. The van der Waals surface area contributed by atoms with Crippen LogP contribution in [-0.2, 0) is 16.4 Å². The second kappa shape index (κ2) is 6.42. The van der Waals surface area contributed by atoms with Gasteiger partial charge in [0.2, 0.25) is 10.0 Å². The first-order valence-corrected chi connectivity index (χ1v) is 9.33. The SMILES string of the molecule is CCc1ccc(S(=O)(=O)N2CCC[C@H]2c2ccccc2F)cc1. The van der Waals surface area contributed by atoms with E-state index in [-0.39, 0.29) is 10.7 Å². The fourth-order valence-electron chi connectivity index (χ4n) is 3.12. The van der Waals surface area contributed by atoms with E-state index in [0.717, 1.165) is 18.4 Å². The molecule has 0 unspecified atom stereocenters. The van der Waals surface area contributed by atoms with E-state index in [1.165, 1.54) is 10.4 Å². The van der Waals surface area contributed by atoms with Crippen LogP contribution in [-0.4, -0.2) is 19.3 Å². The van der Waals surface area contributed by atoms with Crippen molar-refractivity contribution in [3.63, 3.8) is 0 Å². The summed E-state index contributed by atoms with van der Waals surface area (Å²) >= 11 is 0. The lowest BCUT2D eigenvalue weighted by Crippen LogP contribution is -2.31. The Balaban J connectivity index is 1.96. The molecule has 0 amide bonds. The molecule has 0 spiro atoms. The number of nitrogens with zero attached hydrogens (tertiary/aromatic N) is 1. The topological polar surface area (TPSA) is 37.4 Å². The van der Waals surface area contributed by atoms with Crippen molar-refractivity contribution in [3.05, 3.63) is 65.5 Å². The minimum Gasteiger partial charge on any atom is -0.207 e. The molecule has 122 valence electrons. The fraction of sp³-hybridized carbons (Fsp3) is 0.333. The molecule has 5 heteroatoms. The van der Waals surface area contributed by atoms with Crippen LogP contribution in [0, 0.1) is 5.82 Å². The monoisotopic (exact) mass is 333 g/mol. The quantitative estimate of drug-likeness (QED) is 0.850. The maximum Gasteiger partial charge on any atom is 0.243 e. The van der Waals surface area contributed by atoms with Crippen LogP contribution >= 0.6 is 0 Å². The summed E-state index contributed by atoms with van der Waals surface area (Å²) in [7, 11) is -3.61. The lowest BCUT2D eigenvalue weighted by atomic mass is 10.1. The minimum atomic E-state index is -3.61. The predicted molar refractivity (Wildman–Crippen MR) is 88.1 cm³/mol. The first-order valence-electron chi connectivity index (χ1n) is 7.89. The van der Waals surface area contributed by atoms with Crippen LogP contribution in [0.15, 0.2) is 53.4 Å². The van der Waals surface area contributed by atoms with Crippen LogP contribution in [0.5, 0.6) is 0 Å². The van der Waals surface area contributed by atoms with Gasteiger partial charge in [-0.1, -0.05) is 37.3 Å². The number of aryl methyl sites for hydroxylation is 1. The third-order valence-electron chi connectivity index (χ3n) is 4.41. The largest absolute Gasteiger partial charge is 0.243 e. The minimum absolute atomic E-state index is 0.276. The van der Waals surface area contributed by atoms with Crippen molar-refractivity contribution in [1.82, 2.24) is 4.31 Å². The van der Waals surface area contributed by atoms with Gasteiger partial charge in [-0.3, -0.25) is 0 Å². The molecule has 23 heavy (non-hydrogen) atoms. The molecule has 1 aliphatic rings. The van der Waals surface area contributed by atoms with Gasteiger partial charge in [0.1, 0.15) is 5.82 Å². The van der Waals surface area contributed by atoms with Crippen LogP contribution < -0.4 is 0 Å². The summed E-state index contributed by atoms with van der Waals surface area (Å²) in [6, 6.07) is 13.0. The Morgan fingerprint density at radius 1 is 1.13 bits per heavy atom. The van der Waals surface area contributed by atoms with Crippen molar-refractivity contribution in [2.24, 2.45) is 0 Å². The lowest BCUT2D eigenvalue weighted by molar-refractivity contribution is 0.386. The van der Waals surface area contributed by atoms with E-state index >= 15 is 0 Å². The summed E-state index contributed by atoms with van der Waals surface area (Å²) in [5.41, 5.74) is 1.55. The third kappa shape index (κ3) is 3.03. The molecule has 0 saturated carbocycles. The summed E-state index contributed by atoms with van der Waals surface area (Å²) in [6.07, 6.45) is 2.25. The van der Waals surface area contributed by atoms with Gasteiger partial charge in [0.25, 0.3) is 0 Å². The molecular weight excluding hydrogens is 313 g/mol. The summed E-state index contributed by atoms with van der Waals surface area (Å²) in [5, 5.41) is 0. The molecule has 1 atom stereocenters. The number of hydrogen-bond acceptors (Lipinski definition) is 2. The number of sulfonamides is 1. The third-order valence-corrected chi connectivity index (χ3v) is 6.33. The van der Waals surface area contributed by atoms with E-state index in [0.29, 0.717) is 18.5 Å². The van der Waals surface area contributed by atoms with E-state index in [2.05, 4.69) is 0 Å². The molecular formula is C18H20FNO2S. The zero-order valence-electron chi connectivity index (χ0n) is 13.1. The number of hydrogen-bond donors (Lipinski definition) is 0. The van der Waals surface area contributed by atoms with Gasteiger partial charge in [-0.15, -0.1) is 0 Å². The number of halogens is 1. The van der Waals surface area contributed by atoms with Crippen LogP contribution in [0.2, 0.25) is 0 Å². The Morgan fingerprint density at radius 3 is 2.48 bits per heavy atom. The zero-order valence-corrected chi connectivity index (χ0v) is 13.9. The van der Waals surface area contributed by atoms with Gasteiger partial charge in [0.15, 0.2) is 0 Å². The van der Waals surface area contributed by atoms with E-state index in [1.54, 1.807) is 30.3 Å². The van der Waals surface area contributed by atoms with E-state index in [1.807, 2.05) is 19.1 Å². The van der Waals surface area contributed by atoms with Gasteiger partial charge in [0.05, 0.1) is 10.9 Å². The Bertz CT molecular complexity index is 787. The smallest absolute Gasteiger partial charge is 0.207 e. The highest BCUT2D eigenvalue weighted by Crippen LogP contribution is 2.37. The highest BCUT2D eigenvalue weighted by atomic mass is 32.2. The first kappa shape index (κ1) is 16.1. The van der Waals surface area contributed by atoms with Crippen LogP contribution in [0.25, 0.3) is 0 Å². The molecule has 2 aromatic rings. The molecule has 3 nitrogen and oxygen atoms in total. The molecule has 0 bridgehead atoms. The van der Waals surface area contributed by atoms with Gasteiger partial charge in [-0.05, 0) is 43.0 Å². The van der Waals surface area contributed by atoms with Gasteiger partial charge < -0.3 is 0 Å². The van der Waals surface area contributed by atoms with Crippen molar-refractivity contribution >= 4 is 10.0 Å². The molecule has 1 heterocycles. The fourth-order valence-corrected chi connectivity index (χ4v) is 4.79. The number of benzene rings is 2. The Labute approximate surface area is 136 Å². The van der Waals surface area contributed by atoms with Crippen molar-refractivity contribution in [1.29, 1.82) is 0 Å². The second-order valence-electron chi connectivity index (χ2n) is 5.79. The lowest BCUT2D eigenvalue weighted by Gasteiger charge is -2.24. The molecule has 0 aromatic heterocycles. The van der Waals surface area contributed by atoms with Gasteiger partial charge in [-0.2, -0.15) is 4.31 Å². The predicted octanol–water partition coefficient (Wildman–Crippen LogP) is 3.91. The Morgan fingerprint density at radius 2 is 1.83 bits per heavy atom. The van der Waals surface area contributed by atoms with Crippen LogP contribution in [0.3, 0.4) is 0 Å². The van der Waals surface area contributed by atoms with E-state index < -0.39 is 16.1 Å². The molecule has 0 radical (unpaired) electrons. The molecule has 0 N–H and O–H groups in total. The summed E-state index contributed by atoms with van der Waals surface area (Å²) in [5.74, 6) is -0.346. The van der Waals surface area contributed by atoms with Crippen LogP contribution in [0.1, 0.15) is 36.9 Å². The highest BCUT2D eigenvalue weighted by molar-refractivity contribution is 7.89. The van der Waals surface area contributed by atoms with E-state index in [4.69, 9.17) is 0 Å². The number of rotatable bonds is 4. The first-order chi connectivity index (χ1) is 11.0. The van der Waals surface area contributed by atoms with Crippen molar-refractivity contribution in [2.75, 3.05) is 6.54 Å². The normalized spacial score (nSPS) is 19.1. The Hall–Kier alpha value is -1.72. The maximum atomic E-state index is 14.1. The Kier molecular flexibility index (Phi) is 4.50. The molecule has 3 rings (SSSR count). The standard InChI is InChI=1S/C18H20FNO2S/c1-2-14-9-11-15(12-10-14)23(21,22)20-13-5-8-18(20)16-6-3-4-7-17(16)19/h3-4,6-7,9-12,18H,2,5,8,13H2,1H3/t18-/m0/s1.